The van der Waals surface area contributed by atoms with E-state index in [1.54, 1.807) is 24.3 Å². The van der Waals surface area contributed by atoms with Gasteiger partial charge in [0.25, 0.3) is 0 Å². The minimum atomic E-state index is -0.442. The number of methoxy groups -OCH3 is 1. The highest BCUT2D eigenvalue weighted by atomic mass is 16.5. The zero-order chi connectivity index (χ0) is 15.1. The summed E-state index contributed by atoms with van der Waals surface area (Å²) in [6.45, 7) is 2.07. The maximum absolute atomic E-state index is 12.0. The average Bonchev–Trinajstić information content (AvgIpc) is 2.54. The molecule has 0 radical (unpaired) electrons. The van der Waals surface area contributed by atoms with Gasteiger partial charge < -0.3 is 15.4 Å². The molecule has 0 bridgehead atoms. The van der Waals surface area contributed by atoms with Crippen molar-refractivity contribution in [3.8, 4) is 0 Å². The lowest BCUT2D eigenvalue weighted by atomic mass is 9.94. The maximum atomic E-state index is 12.0. The second kappa shape index (κ2) is 7.78. The standard InChI is InChI=1S/C16H22N2O3/c1-21-16(20)13-6-2-3-7-14(13)18-15(19)9-8-12-5-4-10-17-11-12/h2-3,6-7,12,17H,4-5,8-11H2,1H3,(H,18,19). The molecule has 1 aromatic rings. The van der Waals surface area contributed by atoms with Gasteiger partial charge in [-0.3, -0.25) is 4.79 Å². The number of esters is 1. The molecule has 1 heterocycles. The van der Waals surface area contributed by atoms with Gasteiger partial charge in [-0.25, -0.2) is 4.79 Å². The van der Waals surface area contributed by atoms with Crippen LogP contribution in [0, 0.1) is 5.92 Å². The van der Waals surface area contributed by atoms with Crippen molar-refractivity contribution in [1.29, 1.82) is 0 Å². The Bertz CT molecular complexity index is 496. The highest BCUT2D eigenvalue weighted by molar-refractivity contribution is 6.01. The highest BCUT2D eigenvalue weighted by Crippen LogP contribution is 2.19. The van der Waals surface area contributed by atoms with Crippen molar-refractivity contribution in [1.82, 2.24) is 5.32 Å². The minimum Gasteiger partial charge on any atom is -0.465 e. The van der Waals surface area contributed by atoms with E-state index >= 15 is 0 Å². The van der Waals surface area contributed by atoms with E-state index in [-0.39, 0.29) is 5.91 Å². The van der Waals surface area contributed by atoms with Crippen LogP contribution in [0.2, 0.25) is 0 Å². The molecule has 0 saturated carbocycles. The third kappa shape index (κ3) is 4.56. The van der Waals surface area contributed by atoms with E-state index in [4.69, 9.17) is 4.74 Å². The van der Waals surface area contributed by atoms with Crippen LogP contribution in [0.15, 0.2) is 24.3 Å². The van der Waals surface area contributed by atoms with Gasteiger partial charge in [0.05, 0.1) is 18.4 Å². The zero-order valence-electron chi connectivity index (χ0n) is 12.4. The fraction of sp³-hybridized carbons (Fsp3) is 0.500. The van der Waals surface area contributed by atoms with Crippen molar-refractivity contribution in [2.75, 3.05) is 25.5 Å². The maximum Gasteiger partial charge on any atom is 0.339 e. The molecule has 1 aliphatic heterocycles. The smallest absolute Gasteiger partial charge is 0.339 e. The Hall–Kier alpha value is -1.88. The summed E-state index contributed by atoms with van der Waals surface area (Å²) in [6, 6.07) is 6.89. The molecular formula is C16H22N2O3. The lowest BCUT2D eigenvalue weighted by Crippen LogP contribution is -2.30. The third-order valence-corrected chi connectivity index (χ3v) is 3.79. The molecule has 21 heavy (non-hydrogen) atoms. The van der Waals surface area contributed by atoms with Crippen molar-refractivity contribution in [2.24, 2.45) is 5.92 Å². The summed E-state index contributed by atoms with van der Waals surface area (Å²) < 4.78 is 4.72. The number of hydrogen-bond donors (Lipinski definition) is 2. The van der Waals surface area contributed by atoms with Crippen LogP contribution in [0.4, 0.5) is 5.69 Å². The first-order valence-corrected chi connectivity index (χ1v) is 7.38. The zero-order valence-corrected chi connectivity index (χ0v) is 12.4. The Labute approximate surface area is 125 Å². The first kappa shape index (κ1) is 15.5. The van der Waals surface area contributed by atoms with Gasteiger partial charge in [0.15, 0.2) is 0 Å². The van der Waals surface area contributed by atoms with Crippen LogP contribution in [-0.4, -0.2) is 32.1 Å². The number of carbonyl (C=O) groups excluding carboxylic acids is 2. The average molecular weight is 290 g/mol. The van der Waals surface area contributed by atoms with Crippen LogP contribution in [0.5, 0.6) is 0 Å². The Morgan fingerprint density at radius 1 is 1.38 bits per heavy atom. The van der Waals surface area contributed by atoms with Gasteiger partial charge in [-0.1, -0.05) is 12.1 Å². The van der Waals surface area contributed by atoms with E-state index < -0.39 is 5.97 Å². The first-order valence-electron chi connectivity index (χ1n) is 7.38. The fourth-order valence-electron chi connectivity index (χ4n) is 2.60. The molecule has 1 fully saturated rings. The van der Waals surface area contributed by atoms with Crippen LogP contribution in [0.25, 0.3) is 0 Å². The summed E-state index contributed by atoms with van der Waals surface area (Å²) in [6.07, 6.45) is 3.71. The Kier molecular flexibility index (Phi) is 5.75. The minimum absolute atomic E-state index is 0.0584. The summed E-state index contributed by atoms with van der Waals surface area (Å²) in [4.78, 5) is 23.7. The monoisotopic (exact) mass is 290 g/mol. The molecule has 0 aliphatic carbocycles. The Morgan fingerprint density at radius 2 is 2.19 bits per heavy atom. The molecule has 1 aliphatic rings. The quantitative estimate of drug-likeness (QED) is 0.816. The summed E-state index contributed by atoms with van der Waals surface area (Å²) in [7, 11) is 1.33. The summed E-state index contributed by atoms with van der Waals surface area (Å²) in [5.41, 5.74) is 0.892. The third-order valence-electron chi connectivity index (χ3n) is 3.79. The number of para-hydroxylation sites is 1. The second-order valence-electron chi connectivity index (χ2n) is 5.34. The molecule has 5 heteroatoms. The number of hydrogen-bond acceptors (Lipinski definition) is 4. The van der Waals surface area contributed by atoms with Gasteiger partial charge in [-0.2, -0.15) is 0 Å². The molecule has 114 valence electrons. The van der Waals surface area contributed by atoms with Gasteiger partial charge in [0, 0.05) is 6.42 Å². The van der Waals surface area contributed by atoms with E-state index in [1.807, 2.05) is 0 Å². The first-order chi connectivity index (χ1) is 10.2. The van der Waals surface area contributed by atoms with Crippen LogP contribution >= 0.6 is 0 Å². The largest absolute Gasteiger partial charge is 0.465 e. The van der Waals surface area contributed by atoms with Gasteiger partial charge in [-0.15, -0.1) is 0 Å². The number of piperidine rings is 1. The lowest BCUT2D eigenvalue weighted by molar-refractivity contribution is -0.116. The van der Waals surface area contributed by atoms with Crippen molar-refractivity contribution in [3.63, 3.8) is 0 Å². The lowest BCUT2D eigenvalue weighted by Gasteiger charge is -2.22. The van der Waals surface area contributed by atoms with E-state index in [1.165, 1.54) is 20.0 Å². The Balaban J connectivity index is 1.88. The molecule has 2 rings (SSSR count). The molecule has 0 spiro atoms. The molecule has 5 nitrogen and oxygen atoms in total. The van der Waals surface area contributed by atoms with Crippen LogP contribution in [-0.2, 0) is 9.53 Å². The number of carbonyl (C=O) groups is 2. The predicted octanol–water partition coefficient (Wildman–Crippen LogP) is 2.19. The number of ether oxygens (including phenoxy) is 1. The van der Waals surface area contributed by atoms with E-state index in [0.29, 0.717) is 23.6 Å². The summed E-state index contributed by atoms with van der Waals surface area (Å²) in [5.74, 6) is 0.0691. The van der Waals surface area contributed by atoms with E-state index in [0.717, 1.165) is 19.5 Å². The number of amides is 1. The molecule has 1 aromatic carbocycles. The van der Waals surface area contributed by atoms with Gasteiger partial charge in [-0.05, 0) is 50.4 Å². The van der Waals surface area contributed by atoms with E-state index in [9.17, 15) is 9.59 Å². The number of rotatable bonds is 5. The molecule has 2 N–H and O–H groups in total. The van der Waals surface area contributed by atoms with E-state index in [2.05, 4.69) is 10.6 Å². The Morgan fingerprint density at radius 3 is 2.90 bits per heavy atom. The second-order valence-corrected chi connectivity index (χ2v) is 5.34. The number of nitrogens with one attached hydrogen (secondary N) is 2. The molecule has 1 saturated heterocycles. The topological polar surface area (TPSA) is 67.4 Å². The molecule has 1 amide bonds. The number of anilines is 1. The predicted molar refractivity (Wildman–Crippen MR) is 81.2 cm³/mol. The van der Waals surface area contributed by atoms with Gasteiger partial charge >= 0.3 is 5.97 Å². The fourth-order valence-corrected chi connectivity index (χ4v) is 2.60. The van der Waals surface area contributed by atoms with Crippen LogP contribution in [0.1, 0.15) is 36.0 Å². The van der Waals surface area contributed by atoms with Crippen LogP contribution in [0.3, 0.4) is 0 Å². The summed E-state index contributed by atoms with van der Waals surface area (Å²) >= 11 is 0. The summed E-state index contributed by atoms with van der Waals surface area (Å²) in [5, 5.41) is 6.15. The highest BCUT2D eigenvalue weighted by Gasteiger charge is 2.16. The molecule has 0 aromatic heterocycles. The van der Waals surface area contributed by atoms with Crippen molar-refractivity contribution in [2.45, 2.75) is 25.7 Å². The molecular weight excluding hydrogens is 268 g/mol. The van der Waals surface area contributed by atoms with Crippen molar-refractivity contribution < 1.29 is 14.3 Å². The SMILES string of the molecule is COC(=O)c1ccccc1NC(=O)CCC1CCCNC1. The number of benzene rings is 1. The molecule has 1 unspecified atom stereocenters. The van der Waals surface area contributed by atoms with Crippen LogP contribution < -0.4 is 10.6 Å². The van der Waals surface area contributed by atoms with Crippen molar-refractivity contribution >= 4 is 17.6 Å². The molecule has 1 atom stereocenters. The van der Waals surface area contributed by atoms with Gasteiger partial charge in [0.2, 0.25) is 5.91 Å². The van der Waals surface area contributed by atoms with Gasteiger partial charge in [0.1, 0.15) is 0 Å². The van der Waals surface area contributed by atoms with Crippen molar-refractivity contribution in [3.05, 3.63) is 29.8 Å². The normalized spacial score (nSPS) is 18.0.